The maximum absolute atomic E-state index is 5.11. The summed E-state index contributed by atoms with van der Waals surface area (Å²) in [6, 6.07) is 8.21. The van der Waals surface area contributed by atoms with Gasteiger partial charge in [-0.15, -0.1) is 0 Å². The molecule has 0 spiro atoms. The molecule has 0 bridgehead atoms. The molecule has 0 saturated heterocycles. The number of hydrogen-bond acceptors (Lipinski definition) is 5. The van der Waals surface area contributed by atoms with Crippen molar-refractivity contribution in [3.8, 4) is 0 Å². The van der Waals surface area contributed by atoms with Crippen LogP contribution < -0.4 is 5.32 Å². The molecule has 1 N–H and O–H groups in total. The van der Waals surface area contributed by atoms with E-state index in [-0.39, 0.29) is 0 Å². The molecule has 0 aliphatic carbocycles. The van der Waals surface area contributed by atoms with Crippen LogP contribution in [0.1, 0.15) is 12.5 Å². The van der Waals surface area contributed by atoms with E-state index >= 15 is 0 Å². The Labute approximate surface area is 129 Å². The summed E-state index contributed by atoms with van der Waals surface area (Å²) >= 11 is 0. The monoisotopic (exact) mass is 297 g/mol. The number of nitrogens with one attached hydrogen (secondary N) is 1. The number of methoxy groups -OCH3 is 1. The summed E-state index contributed by atoms with van der Waals surface area (Å²) in [5, 5.41) is 3.38. The molecule has 0 aliphatic rings. The van der Waals surface area contributed by atoms with Crippen molar-refractivity contribution in [3.05, 3.63) is 42.5 Å². The van der Waals surface area contributed by atoms with Gasteiger partial charge in [0.15, 0.2) is 17.0 Å². The normalized spacial score (nSPS) is 11.0. The Balaban J connectivity index is 1.96. The van der Waals surface area contributed by atoms with Crippen LogP contribution in [0.5, 0.6) is 0 Å². The first kappa shape index (κ1) is 14.5. The van der Waals surface area contributed by atoms with Crippen molar-refractivity contribution in [1.82, 2.24) is 19.5 Å². The van der Waals surface area contributed by atoms with Crippen LogP contribution in [0.3, 0.4) is 0 Å². The fourth-order valence-corrected chi connectivity index (χ4v) is 2.40. The van der Waals surface area contributed by atoms with Crippen LogP contribution in [0, 0.1) is 0 Å². The van der Waals surface area contributed by atoms with E-state index in [1.807, 2.05) is 16.7 Å². The summed E-state index contributed by atoms with van der Waals surface area (Å²) in [6.45, 7) is 3.47. The van der Waals surface area contributed by atoms with Crippen molar-refractivity contribution < 1.29 is 4.74 Å². The van der Waals surface area contributed by atoms with Crippen molar-refractivity contribution >= 4 is 22.7 Å². The minimum absolute atomic E-state index is 0.622. The van der Waals surface area contributed by atoms with Crippen molar-refractivity contribution in [3.63, 3.8) is 0 Å². The molecule has 2 aromatic heterocycles. The minimum atomic E-state index is 0.622. The standard InChI is InChI=1S/C16H19N5O/c1-3-12-6-4-5-7-13(12)20-15-14-16(18-10-17-15)21(11-19-14)8-9-22-2/h4-7,10-11H,3,8-9H2,1-2H3,(H,17,18,20). The van der Waals surface area contributed by atoms with Crippen LogP contribution in [0.15, 0.2) is 36.9 Å². The number of fused-ring (bicyclic) bond motifs is 1. The molecule has 0 saturated carbocycles. The summed E-state index contributed by atoms with van der Waals surface area (Å²) in [5.74, 6) is 0.724. The van der Waals surface area contributed by atoms with Gasteiger partial charge in [0, 0.05) is 19.3 Å². The Hall–Kier alpha value is -2.47. The van der Waals surface area contributed by atoms with E-state index in [1.165, 1.54) is 5.56 Å². The third-order valence-corrected chi connectivity index (χ3v) is 3.59. The number of para-hydroxylation sites is 1. The second-order valence-electron chi connectivity index (χ2n) is 4.96. The van der Waals surface area contributed by atoms with E-state index in [1.54, 1.807) is 19.8 Å². The van der Waals surface area contributed by atoms with Crippen LogP contribution in [-0.2, 0) is 17.7 Å². The zero-order valence-electron chi connectivity index (χ0n) is 12.8. The van der Waals surface area contributed by atoms with Crippen LogP contribution in [-0.4, -0.2) is 33.2 Å². The molecule has 0 radical (unpaired) electrons. The van der Waals surface area contributed by atoms with Gasteiger partial charge < -0.3 is 14.6 Å². The molecule has 0 fully saturated rings. The first-order valence-corrected chi connectivity index (χ1v) is 7.33. The van der Waals surface area contributed by atoms with Crippen molar-refractivity contribution in [1.29, 1.82) is 0 Å². The predicted octanol–water partition coefficient (Wildman–Crippen LogP) is 2.78. The lowest BCUT2D eigenvalue weighted by Gasteiger charge is -2.10. The molecule has 0 aliphatic heterocycles. The Kier molecular flexibility index (Phi) is 4.29. The van der Waals surface area contributed by atoms with E-state index in [0.29, 0.717) is 6.61 Å². The molecule has 2 heterocycles. The maximum atomic E-state index is 5.11. The highest BCUT2D eigenvalue weighted by molar-refractivity contribution is 5.85. The number of nitrogens with zero attached hydrogens (tertiary/aromatic N) is 4. The van der Waals surface area contributed by atoms with E-state index in [0.717, 1.165) is 35.6 Å². The van der Waals surface area contributed by atoms with Crippen LogP contribution in [0.4, 0.5) is 11.5 Å². The van der Waals surface area contributed by atoms with Gasteiger partial charge in [-0.3, -0.25) is 0 Å². The van der Waals surface area contributed by atoms with Crippen molar-refractivity contribution in [2.75, 3.05) is 19.0 Å². The van der Waals surface area contributed by atoms with E-state index < -0.39 is 0 Å². The maximum Gasteiger partial charge on any atom is 0.165 e. The first-order chi connectivity index (χ1) is 10.8. The molecule has 3 rings (SSSR count). The quantitative estimate of drug-likeness (QED) is 0.758. The summed E-state index contributed by atoms with van der Waals surface area (Å²) < 4.78 is 7.08. The van der Waals surface area contributed by atoms with Gasteiger partial charge in [0.2, 0.25) is 0 Å². The average Bonchev–Trinajstić information content (AvgIpc) is 2.97. The smallest absolute Gasteiger partial charge is 0.165 e. The van der Waals surface area contributed by atoms with Gasteiger partial charge in [-0.1, -0.05) is 25.1 Å². The molecule has 6 heteroatoms. The zero-order valence-corrected chi connectivity index (χ0v) is 12.8. The minimum Gasteiger partial charge on any atom is -0.383 e. The number of aryl methyl sites for hydroxylation is 1. The van der Waals surface area contributed by atoms with Gasteiger partial charge in [0.05, 0.1) is 12.9 Å². The molecule has 0 atom stereocenters. The number of benzene rings is 1. The Morgan fingerprint density at radius 1 is 1.18 bits per heavy atom. The average molecular weight is 297 g/mol. The van der Waals surface area contributed by atoms with Crippen LogP contribution >= 0.6 is 0 Å². The molecule has 1 aromatic carbocycles. The largest absolute Gasteiger partial charge is 0.383 e. The Bertz CT molecular complexity index is 768. The lowest BCUT2D eigenvalue weighted by molar-refractivity contribution is 0.188. The highest BCUT2D eigenvalue weighted by atomic mass is 16.5. The lowest BCUT2D eigenvalue weighted by atomic mass is 10.1. The Morgan fingerprint density at radius 3 is 2.86 bits per heavy atom. The number of ether oxygens (including phenoxy) is 1. The van der Waals surface area contributed by atoms with Gasteiger partial charge in [0.25, 0.3) is 0 Å². The van der Waals surface area contributed by atoms with Crippen LogP contribution in [0.25, 0.3) is 11.2 Å². The number of anilines is 2. The number of imidazole rings is 1. The summed E-state index contributed by atoms with van der Waals surface area (Å²) in [5.41, 5.74) is 3.87. The zero-order chi connectivity index (χ0) is 15.4. The highest BCUT2D eigenvalue weighted by Gasteiger charge is 2.11. The molecule has 3 aromatic rings. The van der Waals surface area contributed by atoms with E-state index in [9.17, 15) is 0 Å². The molecule has 0 amide bonds. The molecule has 114 valence electrons. The lowest BCUT2D eigenvalue weighted by Crippen LogP contribution is -2.04. The van der Waals surface area contributed by atoms with Gasteiger partial charge in [-0.05, 0) is 18.1 Å². The summed E-state index contributed by atoms with van der Waals surface area (Å²) in [6.07, 6.45) is 4.29. The topological polar surface area (TPSA) is 64.9 Å². The second kappa shape index (κ2) is 6.53. The van der Waals surface area contributed by atoms with E-state index in [4.69, 9.17) is 4.74 Å². The summed E-state index contributed by atoms with van der Waals surface area (Å²) in [4.78, 5) is 13.1. The molecule has 22 heavy (non-hydrogen) atoms. The third kappa shape index (κ3) is 2.78. The number of rotatable bonds is 6. The Morgan fingerprint density at radius 2 is 2.05 bits per heavy atom. The van der Waals surface area contributed by atoms with Gasteiger partial charge in [0.1, 0.15) is 6.33 Å². The molecular formula is C16H19N5O. The number of aromatic nitrogens is 4. The number of hydrogen-bond donors (Lipinski definition) is 1. The predicted molar refractivity (Wildman–Crippen MR) is 86.3 cm³/mol. The summed E-state index contributed by atoms with van der Waals surface area (Å²) in [7, 11) is 1.68. The van der Waals surface area contributed by atoms with Crippen molar-refractivity contribution in [2.24, 2.45) is 0 Å². The van der Waals surface area contributed by atoms with Gasteiger partial charge in [-0.25, -0.2) is 15.0 Å². The fourth-order valence-electron chi connectivity index (χ4n) is 2.40. The second-order valence-corrected chi connectivity index (χ2v) is 4.96. The fraction of sp³-hybridized carbons (Fsp3) is 0.312. The van der Waals surface area contributed by atoms with Crippen molar-refractivity contribution in [2.45, 2.75) is 19.9 Å². The van der Waals surface area contributed by atoms with Gasteiger partial charge >= 0.3 is 0 Å². The van der Waals surface area contributed by atoms with Crippen LogP contribution in [0.2, 0.25) is 0 Å². The SMILES string of the molecule is CCc1ccccc1Nc1ncnc2c1ncn2CCOC. The van der Waals surface area contributed by atoms with Gasteiger partial charge in [-0.2, -0.15) is 0 Å². The first-order valence-electron chi connectivity index (χ1n) is 7.33. The molecular weight excluding hydrogens is 278 g/mol. The molecule has 0 unspecified atom stereocenters. The van der Waals surface area contributed by atoms with E-state index in [2.05, 4.69) is 39.3 Å². The third-order valence-electron chi connectivity index (χ3n) is 3.59. The molecule has 6 nitrogen and oxygen atoms in total. The highest BCUT2D eigenvalue weighted by Crippen LogP contribution is 2.24.